The zero-order valence-corrected chi connectivity index (χ0v) is 13.0. The summed E-state index contributed by atoms with van der Waals surface area (Å²) in [6.45, 7) is 3.79. The molecular weight excluding hydrogens is 290 g/mol. The van der Waals surface area contributed by atoms with Crippen LogP contribution < -0.4 is 4.74 Å². The van der Waals surface area contributed by atoms with Crippen molar-refractivity contribution >= 4 is 6.29 Å². The third-order valence-corrected chi connectivity index (χ3v) is 3.64. The number of aryl methyl sites for hydroxylation is 1. The van der Waals surface area contributed by atoms with E-state index in [2.05, 4.69) is 4.98 Å². The third kappa shape index (κ3) is 3.31. The first-order valence-electron chi connectivity index (χ1n) is 7.40. The van der Waals surface area contributed by atoms with Gasteiger partial charge in [0.2, 0.25) is 5.89 Å². The molecule has 0 fully saturated rings. The van der Waals surface area contributed by atoms with Crippen LogP contribution in [0.15, 0.2) is 59.2 Å². The van der Waals surface area contributed by atoms with Gasteiger partial charge in [-0.15, -0.1) is 0 Å². The van der Waals surface area contributed by atoms with Crippen molar-refractivity contribution in [2.24, 2.45) is 0 Å². The van der Waals surface area contributed by atoms with E-state index in [9.17, 15) is 4.79 Å². The summed E-state index contributed by atoms with van der Waals surface area (Å²) < 4.78 is 11.4. The molecule has 1 atom stereocenters. The Kier molecular flexibility index (Phi) is 4.24. The number of hydrogen-bond acceptors (Lipinski definition) is 4. The Hall–Kier alpha value is -2.88. The maximum absolute atomic E-state index is 10.9. The van der Waals surface area contributed by atoms with Crippen LogP contribution in [0.2, 0.25) is 0 Å². The minimum Gasteiger partial charge on any atom is -0.484 e. The normalized spacial score (nSPS) is 11.9. The maximum Gasteiger partial charge on any atom is 0.226 e. The zero-order chi connectivity index (χ0) is 16.2. The van der Waals surface area contributed by atoms with Gasteiger partial charge in [-0.3, -0.25) is 4.79 Å². The van der Waals surface area contributed by atoms with E-state index in [-0.39, 0.29) is 6.10 Å². The number of hydrogen-bond donors (Lipinski definition) is 0. The molecule has 0 spiro atoms. The van der Waals surface area contributed by atoms with Crippen molar-refractivity contribution in [3.8, 4) is 17.2 Å². The van der Waals surface area contributed by atoms with Gasteiger partial charge in [-0.2, -0.15) is 0 Å². The summed E-state index contributed by atoms with van der Waals surface area (Å²) in [5.41, 5.74) is 3.20. The molecule has 23 heavy (non-hydrogen) atoms. The highest BCUT2D eigenvalue weighted by Crippen LogP contribution is 2.26. The average molecular weight is 307 g/mol. The van der Waals surface area contributed by atoms with Gasteiger partial charge < -0.3 is 9.15 Å². The molecule has 3 aromatic rings. The zero-order valence-electron chi connectivity index (χ0n) is 13.0. The third-order valence-electron chi connectivity index (χ3n) is 3.64. The van der Waals surface area contributed by atoms with Crippen LogP contribution in [0.1, 0.15) is 34.6 Å². The van der Waals surface area contributed by atoms with Crippen molar-refractivity contribution < 1.29 is 13.9 Å². The average Bonchev–Trinajstić information content (AvgIpc) is 3.06. The van der Waals surface area contributed by atoms with Crippen LogP contribution in [0, 0.1) is 6.92 Å². The molecule has 1 aromatic heterocycles. The highest BCUT2D eigenvalue weighted by molar-refractivity contribution is 5.77. The SMILES string of the molecule is Cc1cc(OC(C)c2coc(-c3ccccc3)n2)ccc1C=O. The molecule has 0 N–H and O–H groups in total. The van der Waals surface area contributed by atoms with Gasteiger partial charge in [0.25, 0.3) is 0 Å². The van der Waals surface area contributed by atoms with E-state index in [1.54, 1.807) is 18.4 Å². The Morgan fingerprint density at radius 2 is 1.96 bits per heavy atom. The predicted molar refractivity (Wildman–Crippen MR) is 87.5 cm³/mol. The lowest BCUT2D eigenvalue weighted by Gasteiger charge is -2.13. The standard InChI is InChI=1S/C19H17NO3/c1-13-10-17(9-8-16(13)11-21)23-14(2)18-12-22-19(20-18)15-6-4-3-5-7-15/h3-12,14H,1-2H3. The lowest BCUT2D eigenvalue weighted by atomic mass is 10.1. The molecule has 4 heteroatoms. The first kappa shape index (κ1) is 15.0. The van der Waals surface area contributed by atoms with Gasteiger partial charge in [-0.05, 0) is 49.7 Å². The number of benzene rings is 2. The molecule has 0 radical (unpaired) electrons. The second-order valence-electron chi connectivity index (χ2n) is 5.34. The van der Waals surface area contributed by atoms with E-state index < -0.39 is 0 Å². The van der Waals surface area contributed by atoms with Gasteiger partial charge in [0.05, 0.1) is 0 Å². The van der Waals surface area contributed by atoms with Crippen LogP contribution in [-0.4, -0.2) is 11.3 Å². The Balaban J connectivity index is 1.76. The summed E-state index contributed by atoms with van der Waals surface area (Å²) >= 11 is 0. The van der Waals surface area contributed by atoms with Gasteiger partial charge in [-0.1, -0.05) is 18.2 Å². The monoisotopic (exact) mass is 307 g/mol. The minimum absolute atomic E-state index is 0.252. The van der Waals surface area contributed by atoms with Crippen LogP contribution in [0.4, 0.5) is 0 Å². The number of rotatable bonds is 5. The topological polar surface area (TPSA) is 52.3 Å². The summed E-state index contributed by atoms with van der Waals surface area (Å²) in [6, 6.07) is 15.1. The molecule has 0 aliphatic rings. The number of aldehydes is 1. The Morgan fingerprint density at radius 1 is 1.17 bits per heavy atom. The van der Waals surface area contributed by atoms with Gasteiger partial charge in [0.15, 0.2) is 0 Å². The fraction of sp³-hybridized carbons (Fsp3) is 0.158. The van der Waals surface area contributed by atoms with Crippen molar-refractivity contribution in [3.05, 3.63) is 71.6 Å². The van der Waals surface area contributed by atoms with Crippen molar-refractivity contribution in [2.45, 2.75) is 20.0 Å². The Bertz CT molecular complexity index is 808. The molecule has 0 aliphatic heterocycles. The number of carbonyl (C=O) groups is 1. The van der Waals surface area contributed by atoms with Crippen molar-refractivity contribution in [1.29, 1.82) is 0 Å². The summed E-state index contributed by atoms with van der Waals surface area (Å²) in [5, 5.41) is 0. The molecule has 4 nitrogen and oxygen atoms in total. The number of ether oxygens (including phenoxy) is 1. The summed E-state index contributed by atoms with van der Waals surface area (Å²) in [5.74, 6) is 1.27. The summed E-state index contributed by atoms with van der Waals surface area (Å²) in [4.78, 5) is 15.3. The molecule has 1 unspecified atom stereocenters. The van der Waals surface area contributed by atoms with Crippen molar-refractivity contribution in [2.75, 3.05) is 0 Å². The van der Waals surface area contributed by atoms with E-state index in [0.29, 0.717) is 17.2 Å². The highest BCUT2D eigenvalue weighted by Gasteiger charge is 2.14. The van der Waals surface area contributed by atoms with Gasteiger partial charge >= 0.3 is 0 Å². The van der Waals surface area contributed by atoms with E-state index in [1.165, 1.54) is 0 Å². The molecule has 1 heterocycles. The molecule has 0 saturated heterocycles. The number of carbonyl (C=O) groups excluding carboxylic acids is 1. The van der Waals surface area contributed by atoms with Crippen molar-refractivity contribution in [1.82, 2.24) is 4.98 Å². The molecule has 0 amide bonds. The molecule has 3 rings (SSSR count). The van der Waals surface area contributed by atoms with Gasteiger partial charge in [0.1, 0.15) is 30.1 Å². The quantitative estimate of drug-likeness (QED) is 0.646. The largest absolute Gasteiger partial charge is 0.484 e. The van der Waals surface area contributed by atoms with Crippen LogP contribution in [-0.2, 0) is 0 Å². The van der Waals surface area contributed by atoms with Gasteiger partial charge in [-0.25, -0.2) is 4.98 Å². The summed E-state index contributed by atoms with van der Waals surface area (Å²) in [7, 11) is 0. The fourth-order valence-electron chi connectivity index (χ4n) is 2.30. The highest BCUT2D eigenvalue weighted by atomic mass is 16.5. The molecule has 116 valence electrons. The molecule has 2 aromatic carbocycles. The predicted octanol–water partition coefficient (Wildman–Crippen LogP) is 4.60. The van der Waals surface area contributed by atoms with Crippen LogP contribution >= 0.6 is 0 Å². The second-order valence-corrected chi connectivity index (χ2v) is 5.34. The number of oxazole rings is 1. The Labute approximate surface area is 134 Å². The molecule has 0 bridgehead atoms. The van der Waals surface area contributed by atoms with Crippen LogP contribution in [0.5, 0.6) is 5.75 Å². The van der Waals surface area contributed by atoms with E-state index in [4.69, 9.17) is 9.15 Å². The molecule has 0 saturated carbocycles. The van der Waals surface area contributed by atoms with E-state index in [0.717, 1.165) is 23.1 Å². The van der Waals surface area contributed by atoms with Crippen LogP contribution in [0.3, 0.4) is 0 Å². The minimum atomic E-state index is -0.252. The Morgan fingerprint density at radius 3 is 2.65 bits per heavy atom. The smallest absolute Gasteiger partial charge is 0.226 e. The first-order valence-corrected chi connectivity index (χ1v) is 7.40. The number of aromatic nitrogens is 1. The molecular formula is C19H17NO3. The van der Waals surface area contributed by atoms with Crippen molar-refractivity contribution in [3.63, 3.8) is 0 Å². The molecule has 0 aliphatic carbocycles. The lowest BCUT2D eigenvalue weighted by Crippen LogP contribution is -2.04. The van der Waals surface area contributed by atoms with Crippen LogP contribution in [0.25, 0.3) is 11.5 Å². The number of nitrogens with zero attached hydrogens (tertiary/aromatic N) is 1. The first-order chi connectivity index (χ1) is 11.2. The second kappa shape index (κ2) is 6.48. The van der Waals surface area contributed by atoms with E-state index in [1.807, 2.05) is 50.2 Å². The lowest BCUT2D eigenvalue weighted by molar-refractivity contribution is 0.112. The van der Waals surface area contributed by atoms with E-state index >= 15 is 0 Å². The fourth-order valence-corrected chi connectivity index (χ4v) is 2.30. The summed E-state index contributed by atoms with van der Waals surface area (Å²) in [6.07, 6.45) is 2.20. The van der Waals surface area contributed by atoms with Gasteiger partial charge in [0, 0.05) is 11.1 Å². The maximum atomic E-state index is 10.9.